The number of ketones is 1. The van der Waals surface area contributed by atoms with Crippen LogP contribution < -0.4 is 0 Å². The summed E-state index contributed by atoms with van der Waals surface area (Å²) in [4.78, 5) is 34.6. The SMILES string of the molecule is CC(=O)CC(=O)OC(=O)N1CC2(CCC2)C1. The van der Waals surface area contributed by atoms with Crippen LogP contribution in [-0.4, -0.2) is 35.8 Å². The van der Waals surface area contributed by atoms with E-state index in [0.717, 1.165) is 12.8 Å². The van der Waals surface area contributed by atoms with Crippen molar-refractivity contribution in [2.75, 3.05) is 13.1 Å². The van der Waals surface area contributed by atoms with Crippen molar-refractivity contribution in [1.82, 2.24) is 4.90 Å². The van der Waals surface area contributed by atoms with E-state index >= 15 is 0 Å². The Bertz CT molecular complexity index is 338. The average molecular weight is 225 g/mol. The van der Waals surface area contributed by atoms with Crippen molar-refractivity contribution in [3.63, 3.8) is 0 Å². The number of amides is 1. The zero-order valence-corrected chi connectivity index (χ0v) is 9.32. The number of ether oxygens (including phenoxy) is 1. The lowest BCUT2D eigenvalue weighted by Crippen LogP contribution is -2.61. The second-order valence-corrected chi connectivity index (χ2v) is 4.83. The number of carbonyl (C=O) groups excluding carboxylic acids is 3. The minimum Gasteiger partial charge on any atom is -0.376 e. The molecule has 0 unspecified atom stereocenters. The highest BCUT2D eigenvalue weighted by atomic mass is 16.6. The highest BCUT2D eigenvalue weighted by Gasteiger charge is 2.49. The van der Waals surface area contributed by atoms with E-state index in [1.165, 1.54) is 18.2 Å². The zero-order valence-electron chi connectivity index (χ0n) is 9.32. The van der Waals surface area contributed by atoms with Gasteiger partial charge in [-0.05, 0) is 19.8 Å². The molecule has 1 saturated heterocycles. The third-order valence-corrected chi connectivity index (χ3v) is 3.32. The molecule has 1 saturated carbocycles. The monoisotopic (exact) mass is 225 g/mol. The molecule has 1 aliphatic heterocycles. The maximum absolute atomic E-state index is 11.4. The molecule has 0 aromatic carbocycles. The van der Waals surface area contributed by atoms with E-state index in [2.05, 4.69) is 4.74 Å². The van der Waals surface area contributed by atoms with Crippen molar-refractivity contribution in [3.8, 4) is 0 Å². The highest BCUT2D eigenvalue weighted by molar-refractivity contribution is 5.98. The Hall–Kier alpha value is -1.39. The lowest BCUT2D eigenvalue weighted by molar-refractivity contribution is -0.143. The molecule has 5 nitrogen and oxygen atoms in total. The van der Waals surface area contributed by atoms with Crippen LogP contribution in [0.15, 0.2) is 0 Å². The quantitative estimate of drug-likeness (QED) is 0.521. The predicted octanol–water partition coefficient (Wildman–Crippen LogP) is 1.11. The van der Waals surface area contributed by atoms with Crippen LogP contribution >= 0.6 is 0 Å². The van der Waals surface area contributed by atoms with Gasteiger partial charge in [-0.3, -0.25) is 9.59 Å². The minimum atomic E-state index is -0.757. The molecule has 0 radical (unpaired) electrons. The Labute approximate surface area is 93.7 Å². The maximum atomic E-state index is 11.4. The third-order valence-electron chi connectivity index (χ3n) is 3.32. The summed E-state index contributed by atoms with van der Waals surface area (Å²) >= 11 is 0. The smallest absolute Gasteiger partial charge is 0.376 e. The first kappa shape index (κ1) is 11.1. The molecule has 2 aliphatic rings. The fourth-order valence-electron chi connectivity index (χ4n) is 2.29. The summed E-state index contributed by atoms with van der Waals surface area (Å²) in [5.74, 6) is -1.05. The van der Waals surface area contributed by atoms with Crippen LogP contribution in [0.5, 0.6) is 0 Å². The summed E-state index contributed by atoms with van der Waals surface area (Å²) in [6, 6.07) is 0. The second-order valence-electron chi connectivity index (χ2n) is 4.83. The van der Waals surface area contributed by atoms with Crippen LogP contribution in [0, 0.1) is 5.41 Å². The number of Topliss-reactive ketones (excluding diaryl/α,β-unsaturated/α-hetero) is 1. The lowest BCUT2D eigenvalue weighted by atomic mass is 9.64. The van der Waals surface area contributed by atoms with Gasteiger partial charge in [0.25, 0.3) is 0 Å². The molecule has 0 aromatic rings. The Kier molecular flexibility index (Phi) is 2.69. The molecule has 2 fully saturated rings. The molecule has 16 heavy (non-hydrogen) atoms. The average Bonchev–Trinajstić information content (AvgIpc) is 1.95. The van der Waals surface area contributed by atoms with Crippen molar-refractivity contribution in [2.45, 2.75) is 32.6 Å². The first-order chi connectivity index (χ1) is 7.51. The summed E-state index contributed by atoms with van der Waals surface area (Å²) < 4.78 is 4.55. The van der Waals surface area contributed by atoms with Gasteiger partial charge >= 0.3 is 12.1 Å². The fraction of sp³-hybridized carbons (Fsp3) is 0.727. The summed E-state index contributed by atoms with van der Waals surface area (Å²) in [6.45, 7) is 2.68. The van der Waals surface area contributed by atoms with E-state index in [9.17, 15) is 14.4 Å². The second kappa shape index (κ2) is 3.88. The van der Waals surface area contributed by atoms with Crippen LogP contribution in [0.1, 0.15) is 32.6 Å². The van der Waals surface area contributed by atoms with Gasteiger partial charge in [-0.25, -0.2) is 4.79 Å². The van der Waals surface area contributed by atoms with Gasteiger partial charge in [0, 0.05) is 18.5 Å². The van der Waals surface area contributed by atoms with E-state index in [0.29, 0.717) is 18.5 Å². The predicted molar refractivity (Wildman–Crippen MR) is 54.6 cm³/mol. The normalized spacial score (nSPS) is 20.9. The topological polar surface area (TPSA) is 63.7 Å². The molecular formula is C11H15NO4. The Morgan fingerprint density at radius 2 is 1.88 bits per heavy atom. The van der Waals surface area contributed by atoms with E-state index in [1.807, 2.05) is 0 Å². The maximum Gasteiger partial charge on any atom is 0.417 e. The number of carbonyl (C=O) groups is 3. The molecular weight excluding hydrogens is 210 g/mol. The van der Waals surface area contributed by atoms with E-state index < -0.39 is 12.1 Å². The number of likely N-dealkylation sites (tertiary alicyclic amines) is 1. The molecule has 1 amide bonds. The van der Waals surface area contributed by atoms with Crippen molar-refractivity contribution in [3.05, 3.63) is 0 Å². The van der Waals surface area contributed by atoms with Crippen molar-refractivity contribution in [1.29, 1.82) is 0 Å². The molecule has 5 heteroatoms. The van der Waals surface area contributed by atoms with Crippen molar-refractivity contribution >= 4 is 17.8 Å². The molecule has 0 aromatic heterocycles. The van der Waals surface area contributed by atoms with E-state index in [1.54, 1.807) is 0 Å². The number of hydrogen-bond acceptors (Lipinski definition) is 4. The number of rotatable bonds is 2. The van der Waals surface area contributed by atoms with Crippen LogP contribution in [-0.2, 0) is 14.3 Å². The van der Waals surface area contributed by atoms with Crippen LogP contribution in [0.2, 0.25) is 0 Å². The van der Waals surface area contributed by atoms with Gasteiger partial charge < -0.3 is 9.64 Å². The van der Waals surface area contributed by atoms with Crippen LogP contribution in [0.4, 0.5) is 4.79 Å². The zero-order chi connectivity index (χ0) is 11.8. The largest absolute Gasteiger partial charge is 0.417 e. The molecule has 88 valence electrons. The van der Waals surface area contributed by atoms with E-state index in [-0.39, 0.29) is 12.2 Å². The summed E-state index contributed by atoms with van der Waals surface area (Å²) in [7, 11) is 0. The molecule has 1 spiro atoms. The number of hydrogen-bond donors (Lipinski definition) is 0. The highest BCUT2D eigenvalue weighted by Crippen LogP contribution is 2.48. The number of nitrogens with zero attached hydrogens (tertiary/aromatic N) is 1. The van der Waals surface area contributed by atoms with Gasteiger partial charge in [0.2, 0.25) is 0 Å². The van der Waals surface area contributed by atoms with Crippen LogP contribution in [0.25, 0.3) is 0 Å². The lowest BCUT2D eigenvalue weighted by Gasteiger charge is -2.55. The molecule has 1 aliphatic carbocycles. The standard InChI is InChI=1S/C11H15NO4/c1-8(13)5-9(14)16-10(15)12-6-11(7-12)3-2-4-11/h2-7H2,1H3. The minimum absolute atomic E-state index is 0.295. The number of esters is 1. The van der Waals surface area contributed by atoms with Gasteiger partial charge in [-0.2, -0.15) is 0 Å². The molecule has 1 heterocycles. The Balaban J connectivity index is 1.73. The first-order valence-electron chi connectivity index (χ1n) is 5.50. The van der Waals surface area contributed by atoms with Crippen molar-refractivity contribution in [2.24, 2.45) is 5.41 Å². The third kappa shape index (κ3) is 2.08. The van der Waals surface area contributed by atoms with Gasteiger partial charge in [-0.1, -0.05) is 6.42 Å². The molecule has 2 rings (SSSR count). The summed E-state index contributed by atoms with van der Waals surface area (Å²) in [6.07, 6.45) is 2.62. The Morgan fingerprint density at radius 3 is 2.31 bits per heavy atom. The molecule has 0 bridgehead atoms. The first-order valence-corrected chi connectivity index (χ1v) is 5.50. The fourth-order valence-corrected chi connectivity index (χ4v) is 2.29. The molecule has 0 N–H and O–H groups in total. The van der Waals surface area contributed by atoms with Gasteiger partial charge in [0.05, 0.1) is 0 Å². The summed E-state index contributed by atoms with van der Waals surface area (Å²) in [5, 5.41) is 0. The van der Waals surface area contributed by atoms with Crippen LogP contribution in [0.3, 0.4) is 0 Å². The van der Waals surface area contributed by atoms with E-state index in [4.69, 9.17) is 0 Å². The summed E-state index contributed by atoms with van der Waals surface area (Å²) in [5.41, 5.74) is 0.322. The van der Waals surface area contributed by atoms with Crippen molar-refractivity contribution < 1.29 is 19.1 Å². The van der Waals surface area contributed by atoms with Gasteiger partial charge in [0.1, 0.15) is 12.2 Å². The van der Waals surface area contributed by atoms with Gasteiger partial charge in [0.15, 0.2) is 0 Å². The molecule has 0 atom stereocenters. The Morgan fingerprint density at radius 1 is 1.25 bits per heavy atom. The van der Waals surface area contributed by atoms with Gasteiger partial charge in [-0.15, -0.1) is 0 Å².